The molecule has 1 saturated carbocycles. The third-order valence-electron chi connectivity index (χ3n) is 4.20. The molecule has 8 heteroatoms. The fourth-order valence-corrected chi connectivity index (χ4v) is 4.38. The van der Waals surface area contributed by atoms with Gasteiger partial charge in [-0.1, -0.05) is 18.2 Å². The number of hydrogen-bond acceptors (Lipinski definition) is 4. The van der Waals surface area contributed by atoms with E-state index in [1.54, 1.807) is 25.3 Å². The predicted octanol–water partition coefficient (Wildman–Crippen LogP) is 3.23. The van der Waals surface area contributed by atoms with Gasteiger partial charge >= 0.3 is 0 Å². The van der Waals surface area contributed by atoms with Crippen molar-refractivity contribution in [3.8, 4) is 5.75 Å². The summed E-state index contributed by atoms with van der Waals surface area (Å²) in [5, 5.41) is 2.80. The summed E-state index contributed by atoms with van der Waals surface area (Å²) in [6.45, 7) is 0.385. The summed E-state index contributed by atoms with van der Waals surface area (Å²) in [6, 6.07) is 12.1. The second kappa shape index (κ2) is 8.89. The van der Waals surface area contributed by atoms with Gasteiger partial charge in [0.2, 0.25) is 15.9 Å². The smallest absolute Gasteiger partial charge is 0.244 e. The highest BCUT2D eigenvalue weighted by Crippen LogP contribution is 2.25. The summed E-state index contributed by atoms with van der Waals surface area (Å²) in [6.07, 6.45) is 4.85. The Kier molecular flexibility index (Phi) is 6.53. The Morgan fingerprint density at radius 2 is 1.93 bits per heavy atom. The molecule has 0 unspecified atom stereocenters. The van der Waals surface area contributed by atoms with Gasteiger partial charge in [0.05, 0.1) is 16.5 Å². The Hall–Kier alpha value is -2.16. The topological polar surface area (TPSA) is 84.5 Å². The molecule has 1 fully saturated rings. The van der Waals surface area contributed by atoms with Gasteiger partial charge in [-0.2, -0.15) is 0 Å². The molecule has 1 amide bonds. The maximum absolute atomic E-state index is 12.1. The molecule has 6 nitrogen and oxygen atoms in total. The number of sulfonamides is 1. The van der Waals surface area contributed by atoms with Crippen molar-refractivity contribution < 1.29 is 17.9 Å². The monoisotopic (exact) mass is 464 g/mol. The van der Waals surface area contributed by atoms with Gasteiger partial charge in [0.1, 0.15) is 5.75 Å². The largest absolute Gasteiger partial charge is 0.496 e. The van der Waals surface area contributed by atoms with E-state index in [1.807, 2.05) is 18.2 Å². The lowest BCUT2D eigenvalue weighted by molar-refractivity contribution is -0.116. The number of hydrogen-bond donors (Lipinski definition) is 2. The van der Waals surface area contributed by atoms with E-state index in [4.69, 9.17) is 4.74 Å². The molecule has 0 radical (unpaired) electrons. The number of halogens is 1. The van der Waals surface area contributed by atoms with Crippen LogP contribution in [0.15, 0.2) is 57.9 Å². The number of ether oxygens (including phenoxy) is 1. The van der Waals surface area contributed by atoms with Gasteiger partial charge in [0, 0.05) is 18.7 Å². The van der Waals surface area contributed by atoms with Gasteiger partial charge in [-0.15, -0.1) is 0 Å². The first-order chi connectivity index (χ1) is 13.4. The average molecular weight is 465 g/mol. The molecule has 0 bridgehead atoms. The minimum Gasteiger partial charge on any atom is -0.496 e. The fraction of sp³-hybridized carbons (Fsp3) is 0.250. The maximum atomic E-state index is 12.1. The zero-order chi connectivity index (χ0) is 20.1. The van der Waals surface area contributed by atoms with Crippen molar-refractivity contribution >= 4 is 37.9 Å². The molecule has 2 aromatic rings. The molecule has 0 spiro atoms. The predicted molar refractivity (Wildman–Crippen MR) is 111 cm³/mol. The molecule has 1 aliphatic carbocycles. The first-order valence-corrected chi connectivity index (χ1v) is 11.1. The summed E-state index contributed by atoms with van der Waals surface area (Å²) in [7, 11) is -1.86. The molecule has 1 aliphatic rings. The molecular formula is C20H21BrN2O4S. The molecule has 0 saturated heterocycles. The minimum absolute atomic E-state index is 0.0691. The standard InChI is InChI=1S/C20H21BrN2O4S/c1-27-19-10-4-15(12-18(19)21)13-22-20(24)11-5-14-2-8-17(9-3-14)28(25,26)23-16-6-7-16/h2-5,8-12,16,23H,6-7,13H2,1H3,(H,22,24)/b11-5+. The number of rotatable bonds is 8. The maximum Gasteiger partial charge on any atom is 0.244 e. The first-order valence-electron chi connectivity index (χ1n) is 8.78. The SMILES string of the molecule is COc1ccc(CNC(=O)/C=C/c2ccc(S(=O)(=O)NC3CC3)cc2)cc1Br. The van der Waals surface area contributed by atoms with Crippen LogP contribution in [0.25, 0.3) is 6.08 Å². The Labute approximate surface area is 173 Å². The molecule has 0 atom stereocenters. The van der Waals surface area contributed by atoms with E-state index < -0.39 is 10.0 Å². The number of nitrogens with one attached hydrogen (secondary N) is 2. The van der Waals surface area contributed by atoms with Gasteiger partial charge in [-0.3, -0.25) is 4.79 Å². The summed E-state index contributed by atoms with van der Waals surface area (Å²) in [4.78, 5) is 12.2. The van der Waals surface area contributed by atoms with Crippen LogP contribution in [0, 0.1) is 0 Å². The van der Waals surface area contributed by atoms with Crippen molar-refractivity contribution in [2.24, 2.45) is 0 Å². The molecule has 2 aromatic carbocycles. The molecule has 0 aliphatic heterocycles. The van der Waals surface area contributed by atoms with Crippen LogP contribution in [0.4, 0.5) is 0 Å². The van der Waals surface area contributed by atoms with Crippen LogP contribution in [0.5, 0.6) is 5.75 Å². The molecule has 2 N–H and O–H groups in total. The summed E-state index contributed by atoms with van der Waals surface area (Å²) >= 11 is 3.41. The van der Waals surface area contributed by atoms with Crippen LogP contribution in [-0.2, 0) is 21.4 Å². The summed E-state index contributed by atoms with van der Waals surface area (Å²) in [5.74, 6) is 0.492. The fourth-order valence-electron chi connectivity index (χ4n) is 2.49. The Bertz CT molecular complexity index is 984. The van der Waals surface area contributed by atoms with Crippen LogP contribution in [-0.4, -0.2) is 27.5 Å². The van der Waals surface area contributed by atoms with E-state index in [-0.39, 0.29) is 16.8 Å². The zero-order valence-electron chi connectivity index (χ0n) is 15.3. The quantitative estimate of drug-likeness (QED) is 0.587. The van der Waals surface area contributed by atoms with Crippen molar-refractivity contribution in [1.29, 1.82) is 0 Å². The Morgan fingerprint density at radius 3 is 2.54 bits per heavy atom. The van der Waals surface area contributed by atoms with Crippen LogP contribution in [0.2, 0.25) is 0 Å². The summed E-state index contributed by atoms with van der Waals surface area (Å²) in [5.41, 5.74) is 1.68. The van der Waals surface area contributed by atoms with E-state index in [1.165, 1.54) is 18.2 Å². The van der Waals surface area contributed by atoms with Crippen LogP contribution < -0.4 is 14.8 Å². The summed E-state index contributed by atoms with van der Waals surface area (Å²) < 4.78 is 32.9. The number of methoxy groups -OCH3 is 1. The third kappa shape index (κ3) is 5.67. The lowest BCUT2D eigenvalue weighted by Crippen LogP contribution is -2.25. The molecule has 28 heavy (non-hydrogen) atoms. The highest BCUT2D eigenvalue weighted by Gasteiger charge is 2.27. The first kappa shape index (κ1) is 20.6. The van der Waals surface area contributed by atoms with Crippen LogP contribution in [0.3, 0.4) is 0 Å². The number of amides is 1. The van der Waals surface area contributed by atoms with Crippen LogP contribution >= 0.6 is 15.9 Å². The molecule has 0 heterocycles. The van der Waals surface area contributed by atoms with Crippen molar-refractivity contribution in [3.05, 3.63) is 64.1 Å². The molecular weight excluding hydrogens is 444 g/mol. The average Bonchev–Trinajstić information content (AvgIpc) is 3.48. The van der Waals surface area contributed by atoms with Crippen molar-refractivity contribution in [2.75, 3.05) is 7.11 Å². The van der Waals surface area contributed by atoms with Gasteiger partial charge in [-0.25, -0.2) is 13.1 Å². The van der Waals surface area contributed by atoms with E-state index in [0.717, 1.165) is 34.2 Å². The third-order valence-corrected chi connectivity index (χ3v) is 6.36. The highest BCUT2D eigenvalue weighted by molar-refractivity contribution is 9.10. The zero-order valence-corrected chi connectivity index (χ0v) is 17.7. The van der Waals surface area contributed by atoms with E-state index in [0.29, 0.717) is 6.54 Å². The second-order valence-corrected chi connectivity index (χ2v) is 9.05. The van der Waals surface area contributed by atoms with E-state index in [2.05, 4.69) is 26.0 Å². The van der Waals surface area contributed by atoms with Gasteiger partial charge < -0.3 is 10.1 Å². The molecule has 3 rings (SSSR count). The molecule has 148 valence electrons. The minimum atomic E-state index is -3.46. The normalized spacial score (nSPS) is 14.2. The number of benzene rings is 2. The Balaban J connectivity index is 1.54. The number of carbonyl (C=O) groups is 1. The highest BCUT2D eigenvalue weighted by atomic mass is 79.9. The molecule has 0 aromatic heterocycles. The Morgan fingerprint density at radius 1 is 1.21 bits per heavy atom. The van der Waals surface area contributed by atoms with Crippen LogP contribution in [0.1, 0.15) is 24.0 Å². The van der Waals surface area contributed by atoms with Gasteiger partial charge in [-0.05, 0) is 70.2 Å². The lowest BCUT2D eigenvalue weighted by Gasteiger charge is -2.07. The lowest BCUT2D eigenvalue weighted by atomic mass is 10.2. The van der Waals surface area contributed by atoms with Crippen molar-refractivity contribution in [1.82, 2.24) is 10.0 Å². The van der Waals surface area contributed by atoms with E-state index in [9.17, 15) is 13.2 Å². The number of carbonyl (C=O) groups excluding carboxylic acids is 1. The van der Waals surface area contributed by atoms with E-state index >= 15 is 0 Å². The van der Waals surface area contributed by atoms with Gasteiger partial charge in [0.15, 0.2) is 0 Å². The second-order valence-electron chi connectivity index (χ2n) is 6.48. The van der Waals surface area contributed by atoms with Crippen molar-refractivity contribution in [3.63, 3.8) is 0 Å². The van der Waals surface area contributed by atoms with Crippen molar-refractivity contribution in [2.45, 2.75) is 30.3 Å². The van der Waals surface area contributed by atoms with Gasteiger partial charge in [0.25, 0.3) is 0 Å².